The summed E-state index contributed by atoms with van der Waals surface area (Å²) in [5, 5.41) is 1.37. The quantitative estimate of drug-likeness (QED) is 0.0515. The van der Waals surface area contributed by atoms with Gasteiger partial charge in [-0.3, -0.25) is 0 Å². The molecule has 0 aliphatic heterocycles. The number of rotatable bonds is 6. The molecule has 0 atom stereocenters. The first-order chi connectivity index (χ1) is 29.9. The molecule has 7 rings (SSSR count). The summed E-state index contributed by atoms with van der Waals surface area (Å²) >= 11 is 1.90. The number of benzene rings is 6. The molecule has 0 unspecified atom stereocenters. The molecule has 0 aliphatic rings. The Morgan fingerprint density at radius 3 is 0.922 bits per heavy atom. The number of aryl methyl sites for hydroxylation is 3. The first-order valence-corrected chi connectivity index (χ1v) is 18.3. The van der Waals surface area contributed by atoms with Gasteiger partial charge in [0.1, 0.15) is 57.4 Å². The standard InChI is InChI=1S/C24BF20.C17H18NS/c26-5-1(6(27)14(35)21(42)13(5)34)25(2-7(28)15(36)22(43)16(37)8(2)29,3-9(30)17(38)23(44)18(39)10(3)31)4-11(32)19(40)24(45)20(41)12(4)33;1-12-9-10-13(2)17-16(12)18(14(3)19-17)11-15-7-5-4-6-8-15/h;4-10H,11H2,1-3H3/q-1;+1. The van der Waals surface area contributed by atoms with Gasteiger partial charge in [0, 0.05) is 18.1 Å². The molecule has 336 valence electrons. The second kappa shape index (κ2) is 17.1. The highest BCUT2D eigenvalue weighted by atomic mass is 32.1. The Morgan fingerprint density at radius 2 is 0.625 bits per heavy atom. The molecule has 0 spiro atoms. The second-order valence-corrected chi connectivity index (χ2v) is 15.1. The summed E-state index contributed by atoms with van der Waals surface area (Å²) in [7, 11) is 0. The first-order valence-electron chi connectivity index (χ1n) is 17.5. The van der Waals surface area contributed by atoms with E-state index in [4.69, 9.17) is 0 Å². The lowest BCUT2D eigenvalue weighted by molar-refractivity contribution is -0.664. The van der Waals surface area contributed by atoms with Crippen LogP contribution in [0.2, 0.25) is 0 Å². The average Bonchev–Trinajstić information content (AvgIpc) is 3.61. The molecule has 0 bridgehead atoms. The third kappa shape index (κ3) is 7.01. The Hall–Kier alpha value is -6.13. The molecule has 1 aromatic heterocycles. The SMILES string of the molecule is Cc1ccc(C)c2c1sc(C)[n+]2Cc1ccccc1.Fc1c(F)c(F)c([B-](c2c(F)c(F)c(F)c(F)c2F)(c2c(F)c(F)c(F)c(F)c2F)c2c(F)c(F)c(F)c(F)c2F)c(F)c1F. The molecular formula is C41H18BF20NS. The maximum absolute atomic E-state index is 15.4. The number of halogens is 20. The highest BCUT2D eigenvalue weighted by Gasteiger charge is 2.52. The van der Waals surface area contributed by atoms with E-state index in [1.54, 1.807) is 0 Å². The number of hydrogen-bond acceptors (Lipinski definition) is 1. The van der Waals surface area contributed by atoms with Crippen LogP contribution in [0.3, 0.4) is 0 Å². The fourth-order valence-electron chi connectivity index (χ4n) is 7.43. The minimum absolute atomic E-state index is 0.955. The van der Waals surface area contributed by atoms with Crippen LogP contribution in [0.5, 0.6) is 0 Å². The summed E-state index contributed by atoms with van der Waals surface area (Å²) in [5.41, 5.74) is -8.84. The van der Waals surface area contributed by atoms with Crippen molar-refractivity contribution in [3.05, 3.63) is 181 Å². The van der Waals surface area contributed by atoms with Crippen LogP contribution in [0.4, 0.5) is 87.8 Å². The van der Waals surface area contributed by atoms with E-state index in [0.717, 1.165) is 6.54 Å². The van der Waals surface area contributed by atoms with E-state index >= 15 is 35.1 Å². The third-order valence-electron chi connectivity index (χ3n) is 10.3. The van der Waals surface area contributed by atoms with Gasteiger partial charge in [-0.1, -0.05) is 53.8 Å². The number of nitrogens with zero attached hydrogens (tertiary/aromatic N) is 1. The first kappa shape index (κ1) is 47.4. The monoisotopic (exact) mass is 947 g/mol. The number of hydrogen-bond donors (Lipinski definition) is 0. The van der Waals surface area contributed by atoms with Crippen LogP contribution in [0.1, 0.15) is 21.7 Å². The summed E-state index contributed by atoms with van der Waals surface area (Å²) in [5.74, 6) is -71.4. The number of aromatic nitrogens is 1. The molecule has 0 radical (unpaired) electrons. The minimum Gasteiger partial charge on any atom is -0.207 e. The van der Waals surface area contributed by atoms with E-state index in [-0.39, 0.29) is 0 Å². The Labute approximate surface area is 349 Å². The van der Waals surface area contributed by atoms with E-state index in [2.05, 4.69) is 67.8 Å². The van der Waals surface area contributed by atoms with Crippen molar-refractivity contribution in [1.29, 1.82) is 0 Å². The number of thiazole rings is 1. The summed E-state index contributed by atoms with van der Waals surface area (Å²) in [4.78, 5) is 0. The molecule has 64 heavy (non-hydrogen) atoms. The second-order valence-electron chi connectivity index (χ2n) is 13.9. The molecule has 0 saturated carbocycles. The number of fused-ring (bicyclic) bond motifs is 1. The Morgan fingerprint density at radius 1 is 0.359 bits per heavy atom. The van der Waals surface area contributed by atoms with Gasteiger partial charge in [-0.15, -0.1) is 21.9 Å². The summed E-state index contributed by atoms with van der Waals surface area (Å²) in [6.07, 6.45) is -7.22. The van der Waals surface area contributed by atoms with Crippen molar-refractivity contribution in [2.45, 2.75) is 27.3 Å². The molecule has 0 aliphatic carbocycles. The lowest BCUT2D eigenvalue weighted by Crippen LogP contribution is -2.81. The molecule has 0 fully saturated rings. The van der Waals surface area contributed by atoms with Crippen molar-refractivity contribution in [2.75, 3.05) is 0 Å². The van der Waals surface area contributed by atoms with Gasteiger partial charge in [0.25, 0.3) is 0 Å². The zero-order chi connectivity index (χ0) is 47.8. The molecule has 1 heterocycles. The van der Waals surface area contributed by atoms with Crippen molar-refractivity contribution in [3.63, 3.8) is 0 Å². The Kier molecular flexibility index (Phi) is 12.7. The van der Waals surface area contributed by atoms with Gasteiger partial charge < -0.3 is 0 Å². The Balaban J connectivity index is 0.000000295. The molecule has 7 aromatic rings. The molecule has 0 N–H and O–H groups in total. The predicted molar refractivity (Wildman–Crippen MR) is 191 cm³/mol. The molecular weight excluding hydrogens is 929 g/mol. The predicted octanol–water partition coefficient (Wildman–Crippen LogP) is 10.0. The topological polar surface area (TPSA) is 3.88 Å². The highest BCUT2D eigenvalue weighted by molar-refractivity contribution is 7.20. The van der Waals surface area contributed by atoms with Crippen LogP contribution >= 0.6 is 11.3 Å². The maximum atomic E-state index is 15.4. The lowest BCUT2D eigenvalue weighted by atomic mass is 9.12. The molecule has 1 nitrogen and oxygen atoms in total. The van der Waals surface area contributed by atoms with Gasteiger partial charge in [0.2, 0.25) is 10.5 Å². The van der Waals surface area contributed by atoms with Crippen molar-refractivity contribution in [1.82, 2.24) is 0 Å². The van der Waals surface area contributed by atoms with Crippen LogP contribution < -0.4 is 26.4 Å². The smallest absolute Gasteiger partial charge is 0.207 e. The van der Waals surface area contributed by atoms with E-state index in [9.17, 15) is 52.7 Å². The maximum Gasteiger partial charge on any atom is 0.235 e. The molecule has 0 saturated heterocycles. The van der Waals surface area contributed by atoms with Gasteiger partial charge in [-0.2, -0.15) is 4.57 Å². The summed E-state index contributed by atoms with van der Waals surface area (Å²) < 4.78 is 298. The highest BCUT2D eigenvalue weighted by Crippen LogP contribution is 2.31. The van der Waals surface area contributed by atoms with E-state index in [1.165, 1.54) is 31.9 Å². The van der Waals surface area contributed by atoms with Crippen LogP contribution in [-0.2, 0) is 6.54 Å². The average molecular weight is 947 g/mol. The van der Waals surface area contributed by atoms with Crippen molar-refractivity contribution >= 4 is 49.6 Å². The van der Waals surface area contributed by atoms with Crippen molar-refractivity contribution in [3.8, 4) is 0 Å². The van der Waals surface area contributed by atoms with Crippen molar-refractivity contribution in [2.24, 2.45) is 0 Å². The molecule has 6 aromatic carbocycles. The van der Waals surface area contributed by atoms with Crippen molar-refractivity contribution < 1.29 is 92.4 Å². The zero-order valence-corrected chi connectivity index (χ0v) is 32.6. The fraction of sp³-hybridized carbons (Fsp3) is 0.0976. The van der Waals surface area contributed by atoms with Crippen LogP contribution in [0.25, 0.3) is 10.2 Å². The Bertz CT molecular complexity index is 2680. The van der Waals surface area contributed by atoms with Gasteiger partial charge >= 0.3 is 0 Å². The fourth-order valence-corrected chi connectivity index (χ4v) is 8.58. The van der Waals surface area contributed by atoms with Gasteiger partial charge in [-0.25, -0.2) is 87.8 Å². The van der Waals surface area contributed by atoms with Gasteiger partial charge in [0.15, 0.2) is 76.4 Å². The van der Waals surface area contributed by atoms with E-state index < -0.39 is 144 Å². The van der Waals surface area contributed by atoms with Crippen LogP contribution in [0, 0.1) is 137 Å². The van der Waals surface area contributed by atoms with Gasteiger partial charge in [-0.05, 0) is 19.4 Å². The van der Waals surface area contributed by atoms with Crippen LogP contribution in [0.15, 0.2) is 42.5 Å². The minimum atomic E-state index is -7.22. The van der Waals surface area contributed by atoms with Gasteiger partial charge in [0.05, 0.1) is 0 Å². The lowest BCUT2D eigenvalue weighted by Gasteiger charge is -2.44. The summed E-state index contributed by atoms with van der Waals surface area (Å²) in [6.45, 7) is 7.57. The van der Waals surface area contributed by atoms with E-state index in [1.807, 2.05) is 11.3 Å². The van der Waals surface area contributed by atoms with E-state index in [0.29, 0.717) is 0 Å². The normalized spacial score (nSPS) is 11.7. The molecule has 0 amide bonds. The van der Waals surface area contributed by atoms with Crippen LogP contribution in [-0.4, -0.2) is 6.15 Å². The zero-order valence-electron chi connectivity index (χ0n) is 31.7. The summed E-state index contributed by atoms with van der Waals surface area (Å²) in [6, 6.07) is 15.1. The third-order valence-corrected chi connectivity index (χ3v) is 11.6. The largest absolute Gasteiger partial charge is 0.235 e. The molecule has 23 heteroatoms.